The molecule has 0 unspecified atom stereocenters. The van der Waals surface area contributed by atoms with Gasteiger partial charge in [-0.2, -0.15) is 0 Å². The summed E-state index contributed by atoms with van der Waals surface area (Å²) >= 11 is 0. The Hall–Kier alpha value is -1.88. The van der Waals surface area contributed by atoms with Crippen molar-refractivity contribution in [2.75, 3.05) is 18.5 Å². The number of carbonyl (C=O) groups is 2. The monoisotopic (exact) mass is 262 g/mol. The van der Waals surface area contributed by atoms with Gasteiger partial charge in [0.25, 0.3) is 0 Å². The molecule has 2 N–H and O–H groups in total. The summed E-state index contributed by atoms with van der Waals surface area (Å²) < 4.78 is 0. The number of likely N-dealkylation sites (tertiary alicyclic amines) is 1. The van der Waals surface area contributed by atoms with Gasteiger partial charge in [0.1, 0.15) is 0 Å². The summed E-state index contributed by atoms with van der Waals surface area (Å²) in [5, 5.41) is 11.7. The van der Waals surface area contributed by atoms with E-state index in [1.807, 2.05) is 19.1 Å². The average Bonchev–Trinajstić information content (AvgIpc) is 2.88. The van der Waals surface area contributed by atoms with Crippen LogP contribution in [0.25, 0.3) is 0 Å². The minimum absolute atomic E-state index is 0.0937. The van der Waals surface area contributed by atoms with Crippen LogP contribution in [0.5, 0.6) is 0 Å². The lowest BCUT2D eigenvalue weighted by molar-refractivity contribution is -0.144. The molecule has 5 heteroatoms. The number of aliphatic hydroxyl groups is 1. The first kappa shape index (κ1) is 13.5. The number of rotatable bonds is 2. The highest BCUT2D eigenvalue weighted by Gasteiger charge is 2.31. The molecule has 2 rings (SSSR count). The van der Waals surface area contributed by atoms with Crippen LogP contribution in [-0.4, -0.2) is 41.0 Å². The molecule has 19 heavy (non-hydrogen) atoms. The van der Waals surface area contributed by atoms with Gasteiger partial charge in [-0.1, -0.05) is 17.7 Å². The molecular formula is C14H18N2O3. The average molecular weight is 262 g/mol. The quantitative estimate of drug-likeness (QED) is 0.779. The lowest BCUT2D eigenvalue weighted by Gasteiger charge is -2.22. The van der Waals surface area contributed by atoms with Gasteiger partial charge in [0.15, 0.2) is 0 Å². The summed E-state index contributed by atoms with van der Waals surface area (Å²) in [6.45, 7) is 2.39. The summed E-state index contributed by atoms with van der Waals surface area (Å²) in [5.74, 6) is -1.22. The number of carbonyl (C=O) groups excluding carboxylic acids is 2. The van der Waals surface area contributed by atoms with E-state index < -0.39 is 11.8 Å². The zero-order valence-corrected chi connectivity index (χ0v) is 10.9. The topological polar surface area (TPSA) is 69.6 Å². The number of benzene rings is 1. The fourth-order valence-electron chi connectivity index (χ4n) is 2.24. The van der Waals surface area contributed by atoms with Crippen molar-refractivity contribution in [3.05, 3.63) is 29.8 Å². The van der Waals surface area contributed by atoms with Crippen LogP contribution in [0.4, 0.5) is 5.69 Å². The van der Waals surface area contributed by atoms with E-state index in [1.54, 1.807) is 12.1 Å². The smallest absolute Gasteiger partial charge is 0.313 e. The molecule has 1 saturated heterocycles. The number of aliphatic hydroxyl groups excluding tert-OH is 1. The predicted molar refractivity (Wildman–Crippen MR) is 71.6 cm³/mol. The predicted octanol–water partition coefficient (Wildman–Crippen LogP) is 0.917. The summed E-state index contributed by atoms with van der Waals surface area (Å²) in [5.41, 5.74) is 1.69. The second-order valence-electron chi connectivity index (χ2n) is 4.80. The van der Waals surface area contributed by atoms with Crippen LogP contribution in [0.15, 0.2) is 24.3 Å². The van der Waals surface area contributed by atoms with Crippen LogP contribution >= 0.6 is 0 Å². The number of nitrogens with zero attached hydrogens (tertiary/aromatic N) is 1. The number of hydrogen-bond acceptors (Lipinski definition) is 3. The number of anilines is 1. The largest absolute Gasteiger partial charge is 0.394 e. The molecule has 0 saturated carbocycles. The SMILES string of the molecule is Cc1ccc(NC(=O)C(=O)N2CCC[C@H]2CO)cc1. The third-order valence-corrected chi connectivity index (χ3v) is 3.35. The Balaban J connectivity index is 1.99. The van der Waals surface area contributed by atoms with Gasteiger partial charge >= 0.3 is 11.8 Å². The molecule has 0 aliphatic carbocycles. The molecule has 1 aliphatic rings. The van der Waals surface area contributed by atoms with Crippen molar-refractivity contribution in [3.63, 3.8) is 0 Å². The first-order valence-corrected chi connectivity index (χ1v) is 6.41. The summed E-state index contributed by atoms with van der Waals surface area (Å²) in [6.07, 6.45) is 1.58. The maximum absolute atomic E-state index is 12.0. The summed E-state index contributed by atoms with van der Waals surface area (Å²) in [7, 11) is 0. The number of hydrogen-bond donors (Lipinski definition) is 2. The fourth-order valence-corrected chi connectivity index (χ4v) is 2.24. The standard InChI is InChI=1S/C14H18N2O3/c1-10-4-6-11(7-5-10)15-13(18)14(19)16-8-2-3-12(16)9-17/h4-7,12,17H,2-3,8-9H2,1H3,(H,15,18)/t12-/m0/s1. The zero-order chi connectivity index (χ0) is 13.8. The van der Waals surface area contributed by atoms with Crippen molar-refractivity contribution in [1.82, 2.24) is 4.90 Å². The minimum atomic E-state index is -0.649. The molecule has 5 nitrogen and oxygen atoms in total. The Morgan fingerprint density at radius 1 is 1.37 bits per heavy atom. The van der Waals surface area contributed by atoms with E-state index in [0.29, 0.717) is 12.2 Å². The Morgan fingerprint density at radius 3 is 2.68 bits per heavy atom. The van der Waals surface area contributed by atoms with Crippen LogP contribution in [-0.2, 0) is 9.59 Å². The van der Waals surface area contributed by atoms with Gasteiger partial charge in [0.2, 0.25) is 0 Å². The van der Waals surface area contributed by atoms with Gasteiger partial charge in [-0.25, -0.2) is 0 Å². The van der Waals surface area contributed by atoms with Gasteiger partial charge in [0, 0.05) is 12.2 Å². The molecule has 1 aliphatic heterocycles. The molecule has 0 aromatic heterocycles. The molecular weight excluding hydrogens is 244 g/mol. The van der Waals surface area contributed by atoms with Gasteiger partial charge in [0.05, 0.1) is 12.6 Å². The van der Waals surface area contributed by atoms with Crippen LogP contribution in [0, 0.1) is 6.92 Å². The fraction of sp³-hybridized carbons (Fsp3) is 0.429. The third kappa shape index (κ3) is 3.12. The Bertz CT molecular complexity index is 470. The first-order chi connectivity index (χ1) is 9.11. The van der Waals surface area contributed by atoms with Crippen molar-refractivity contribution in [2.24, 2.45) is 0 Å². The second-order valence-corrected chi connectivity index (χ2v) is 4.80. The number of nitrogens with one attached hydrogen (secondary N) is 1. The van der Waals surface area contributed by atoms with Crippen molar-refractivity contribution in [1.29, 1.82) is 0 Å². The lowest BCUT2D eigenvalue weighted by Crippen LogP contribution is -2.43. The second kappa shape index (κ2) is 5.84. The van der Waals surface area contributed by atoms with Gasteiger partial charge < -0.3 is 15.3 Å². The molecule has 1 aromatic rings. The number of aryl methyl sites for hydroxylation is 1. The Morgan fingerprint density at radius 2 is 2.05 bits per heavy atom. The highest BCUT2D eigenvalue weighted by atomic mass is 16.3. The van der Waals surface area contributed by atoms with Crippen LogP contribution in [0.3, 0.4) is 0 Å². The van der Waals surface area contributed by atoms with E-state index in [-0.39, 0.29) is 12.6 Å². The lowest BCUT2D eigenvalue weighted by atomic mass is 10.2. The van der Waals surface area contributed by atoms with E-state index in [1.165, 1.54) is 4.90 Å². The summed E-state index contributed by atoms with van der Waals surface area (Å²) in [6, 6.07) is 7.03. The molecule has 102 valence electrons. The van der Waals surface area contributed by atoms with Crippen molar-refractivity contribution in [3.8, 4) is 0 Å². The number of amides is 2. The molecule has 0 radical (unpaired) electrons. The molecule has 1 heterocycles. The van der Waals surface area contributed by atoms with E-state index >= 15 is 0 Å². The molecule has 1 atom stereocenters. The normalized spacial score (nSPS) is 18.4. The summed E-state index contributed by atoms with van der Waals surface area (Å²) in [4.78, 5) is 25.3. The Labute approximate surface area is 112 Å². The molecule has 2 amide bonds. The first-order valence-electron chi connectivity index (χ1n) is 6.41. The van der Waals surface area contributed by atoms with Gasteiger partial charge in [-0.3, -0.25) is 9.59 Å². The molecule has 0 spiro atoms. The maximum Gasteiger partial charge on any atom is 0.313 e. The zero-order valence-electron chi connectivity index (χ0n) is 10.9. The van der Waals surface area contributed by atoms with E-state index in [4.69, 9.17) is 5.11 Å². The van der Waals surface area contributed by atoms with Gasteiger partial charge in [-0.05, 0) is 31.9 Å². The van der Waals surface area contributed by atoms with E-state index in [9.17, 15) is 9.59 Å². The highest BCUT2D eigenvalue weighted by molar-refractivity contribution is 6.39. The molecule has 0 bridgehead atoms. The minimum Gasteiger partial charge on any atom is -0.394 e. The van der Waals surface area contributed by atoms with Crippen molar-refractivity contribution < 1.29 is 14.7 Å². The van der Waals surface area contributed by atoms with Crippen LogP contribution < -0.4 is 5.32 Å². The maximum atomic E-state index is 12.0. The highest BCUT2D eigenvalue weighted by Crippen LogP contribution is 2.17. The molecule has 1 aromatic carbocycles. The molecule has 1 fully saturated rings. The van der Waals surface area contributed by atoms with Crippen molar-refractivity contribution in [2.45, 2.75) is 25.8 Å². The Kier molecular flexibility index (Phi) is 4.16. The van der Waals surface area contributed by atoms with Crippen molar-refractivity contribution >= 4 is 17.5 Å². The van der Waals surface area contributed by atoms with Crippen LogP contribution in [0.2, 0.25) is 0 Å². The van der Waals surface area contributed by atoms with Gasteiger partial charge in [-0.15, -0.1) is 0 Å². The van der Waals surface area contributed by atoms with E-state index in [2.05, 4.69) is 5.32 Å². The van der Waals surface area contributed by atoms with E-state index in [0.717, 1.165) is 18.4 Å². The third-order valence-electron chi connectivity index (χ3n) is 3.35. The van der Waals surface area contributed by atoms with Crippen LogP contribution in [0.1, 0.15) is 18.4 Å².